The Morgan fingerprint density at radius 1 is 1.20 bits per heavy atom. The minimum Gasteiger partial charge on any atom is -0.662 e. The van der Waals surface area contributed by atoms with Gasteiger partial charge < -0.3 is 10.6 Å². The predicted molar refractivity (Wildman–Crippen MR) is 64.9 cm³/mol. The summed E-state index contributed by atoms with van der Waals surface area (Å²) in [6.45, 7) is 8.93. The summed E-state index contributed by atoms with van der Waals surface area (Å²) in [6.07, 6.45) is 5.33. The summed E-state index contributed by atoms with van der Waals surface area (Å²) >= 11 is 0. The third-order valence-corrected chi connectivity index (χ3v) is 3.44. The fourth-order valence-electron chi connectivity index (χ4n) is 2.21. The molecule has 1 heterocycles. The van der Waals surface area contributed by atoms with Crippen LogP contribution < -0.4 is 63.5 Å². The number of nitrogens with zero attached hydrogens (tertiary/aromatic N) is 1. The van der Waals surface area contributed by atoms with Crippen LogP contribution in [0.3, 0.4) is 0 Å². The van der Waals surface area contributed by atoms with E-state index in [0.29, 0.717) is 5.41 Å². The molecule has 0 radical (unpaired) electrons. The molecular weight excluding hydrogens is 258 g/mol. The Morgan fingerprint density at radius 2 is 1.80 bits per heavy atom. The van der Waals surface area contributed by atoms with Gasteiger partial charge in [-0.3, -0.25) is 0 Å². The zero-order valence-corrected chi connectivity index (χ0v) is 15.0. The molecule has 0 bridgehead atoms. The molecule has 2 nitrogen and oxygen atoms in total. The molecule has 1 N–H and O–H groups in total. The molecule has 0 aliphatic carbocycles. The van der Waals surface area contributed by atoms with Crippen LogP contribution in [-0.4, -0.2) is 26.2 Å². The van der Waals surface area contributed by atoms with Crippen LogP contribution in [0.2, 0.25) is 0 Å². The van der Waals surface area contributed by atoms with Gasteiger partial charge in [-0.05, 0) is 31.3 Å². The van der Waals surface area contributed by atoms with Crippen molar-refractivity contribution < 1.29 is 58.2 Å². The van der Waals surface area contributed by atoms with Gasteiger partial charge in [0.15, 0.2) is 0 Å². The van der Waals surface area contributed by atoms with E-state index in [1.54, 1.807) is 0 Å². The molecule has 3 heteroatoms. The summed E-state index contributed by atoms with van der Waals surface area (Å²) in [5.41, 5.74) is 0.615. The molecule has 0 aromatic carbocycles. The van der Waals surface area contributed by atoms with Gasteiger partial charge in [-0.2, -0.15) is 6.54 Å². The molecule has 0 spiro atoms. The van der Waals surface area contributed by atoms with E-state index in [4.69, 9.17) is 0 Å². The third-order valence-electron chi connectivity index (χ3n) is 3.44. The van der Waals surface area contributed by atoms with Gasteiger partial charge in [-0.1, -0.05) is 34.1 Å². The van der Waals surface area contributed by atoms with E-state index in [1.807, 2.05) is 0 Å². The van der Waals surface area contributed by atoms with Crippen LogP contribution in [0.25, 0.3) is 5.32 Å². The first-order valence-corrected chi connectivity index (χ1v) is 5.67. The van der Waals surface area contributed by atoms with Gasteiger partial charge in [0.25, 0.3) is 0 Å². The normalized spacial score (nSPS) is 18.8. The second kappa shape index (κ2) is 10.9. The zero-order chi connectivity index (χ0) is 9.57. The van der Waals surface area contributed by atoms with Crippen molar-refractivity contribution in [2.75, 3.05) is 26.2 Å². The van der Waals surface area contributed by atoms with Crippen LogP contribution in [0.5, 0.6) is 0 Å². The van der Waals surface area contributed by atoms with E-state index < -0.39 is 0 Å². The summed E-state index contributed by atoms with van der Waals surface area (Å²) in [5, 5.41) is 7.87. The summed E-state index contributed by atoms with van der Waals surface area (Å²) in [5.74, 6) is 0. The topological polar surface area (TPSA) is 26.1 Å². The average Bonchev–Trinajstić information content (AvgIpc) is 2.20. The van der Waals surface area contributed by atoms with Gasteiger partial charge >= 0.3 is 58.2 Å². The molecule has 1 aliphatic rings. The number of piperidine rings is 1. The molecular formula is C12H27N2Rb. The van der Waals surface area contributed by atoms with Crippen molar-refractivity contribution in [2.24, 2.45) is 5.41 Å². The standard InChI is InChI=1S/C11H23N2.CH4.Rb/c1-3-11(5-8-12-4-2)6-9-13-10-7-11;;/h13H,3-10H2,1-2H3;1H4;/q-1;;+1. The van der Waals surface area contributed by atoms with Gasteiger partial charge in [0.2, 0.25) is 0 Å². The van der Waals surface area contributed by atoms with Crippen LogP contribution in [0.4, 0.5) is 0 Å². The van der Waals surface area contributed by atoms with Crippen molar-refractivity contribution in [3.63, 3.8) is 0 Å². The molecule has 15 heavy (non-hydrogen) atoms. The average molecular weight is 285 g/mol. The first-order valence-electron chi connectivity index (χ1n) is 5.67. The van der Waals surface area contributed by atoms with Gasteiger partial charge in [-0.25, -0.2) is 0 Å². The summed E-state index contributed by atoms with van der Waals surface area (Å²) in [7, 11) is 0. The van der Waals surface area contributed by atoms with Crippen molar-refractivity contribution in [3.05, 3.63) is 5.32 Å². The quantitative estimate of drug-likeness (QED) is 0.717. The Bertz CT molecular complexity index is 134. The molecule has 0 saturated carbocycles. The number of hydrogen-bond donors (Lipinski definition) is 1. The first kappa shape index (κ1) is 19.1. The maximum atomic E-state index is 4.44. The maximum absolute atomic E-state index is 4.44. The Morgan fingerprint density at radius 3 is 2.27 bits per heavy atom. The summed E-state index contributed by atoms with van der Waals surface area (Å²) < 4.78 is 0. The summed E-state index contributed by atoms with van der Waals surface area (Å²) in [6, 6.07) is 0. The van der Waals surface area contributed by atoms with Crippen molar-refractivity contribution in [2.45, 2.75) is 47.0 Å². The Labute approximate surface area is 145 Å². The maximum Gasteiger partial charge on any atom is 1.00 e. The van der Waals surface area contributed by atoms with E-state index in [9.17, 15) is 0 Å². The van der Waals surface area contributed by atoms with Crippen molar-refractivity contribution in [1.29, 1.82) is 0 Å². The number of nitrogens with one attached hydrogen (secondary N) is 1. The molecule has 0 atom stereocenters. The van der Waals surface area contributed by atoms with Crippen molar-refractivity contribution in [3.8, 4) is 0 Å². The SMILES string of the molecule is C.CC[N-]CCC1(CC)CCNCC1.[Rb+]. The molecule has 0 unspecified atom stereocenters. The third kappa shape index (κ3) is 6.90. The second-order valence-electron chi connectivity index (χ2n) is 4.12. The molecule has 86 valence electrons. The monoisotopic (exact) mass is 284 g/mol. The summed E-state index contributed by atoms with van der Waals surface area (Å²) in [4.78, 5) is 0. The zero-order valence-electron chi connectivity index (χ0n) is 10.1. The fourth-order valence-corrected chi connectivity index (χ4v) is 2.21. The van der Waals surface area contributed by atoms with Crippen LogP contribution in [0, 0.1) is 5.41 Å². The molecule has 0 aromatic heterocycles. The number of rotatable bonds is 5. The minimum absolute atomic E-state index is 0. The van der Waals surface area contributed by atoms with Crippen LogP contribution >= 0.6 is 0 Å². The molecule has 1 aliphatic heterocycles. The van der Waals surface area contributed by atoms with E-state index in [2.05, 4.69) is 24.5 Å². The van der Waals surface area contributed by atoms with Crippen molar-refractivity contribution in [1.82, 2.24) is 5.32 Å². The van der Waals surface area contributed by atoms with Gasteiger partial charge in [-0.15, -0.1) is 6.54 Å². The van der Waals surface area contributed by atoms with Crippen LogP contribution in [0.1, 0.15) is 47.0 Å². The van der Waals surface area contributed by atoms with E-state index in [1.165, 1.54) is 38.8 Å². The van der Waals surface area contributed by atoms with E-state index in [0.717, 1.165) is 13.1 Å². The predicted octanol–water partition coefficient (Wildman–Crippen LogP) is 0.190. The van der Waals surface area contributed by atoms with Gasteiger partial charge in [0.05, 0.1) is 0 Å². The van der Waals surface area contributed by atoms with Crippen molar-refractivity contribution >= 4 is 0 Å². The Hall–Kier alpha value is 1.73. The second-order valence-corrected chi connectivity index (χ2v) is 4.12. The van der Waals surface area contributed by atoms with Gasteiger partial charge in [0.1, 0.15) is 0 Å². The molecule has 0 aromatic rings. The molecule has 1 saturated heterocycles. The fraction of sp³-hybridized carbons (Fsp3) is 1.00. The molecule has 1 fully saturated rings. The Kier molecular flexibility index (Phi) is 13.8. The van der Waals surface area contributed by atoms with Crippen LogP contribution in [0.15, 0.2) is 0 Å². The largest absolute Gasteiger partial charge is 1.00 e. The van der Waals surface area contributed by atoms with E-state index >= 15 is 0 Å². The van der Waals surface area contributed by atoms with E-state index in [-0.39, 0.29) is 65.6 Å². The first-order chi connectivity index (χ1) is 6.33. The molecule has 0 amide bonds. The minimum atomic E-state index is 0. The molecule has 1 rings (SSSR count). The van der Waals surface area contributed by atoms with Crippen LogP contribution in [-0.2, 0) is 0 Å². The Balaban J connectivity index is 0. The number of hydrogen-bond acceptors (Lipinski definition) is 1. The smallest absolute Gasteiger partial charge is 0.662 e. The van der Waals surface area contributed by atoms with Gasteiger partial charge in [0, 0.05) is 0 Å².